The summed E-state index contributed by atoms with van der Waals surface area (Å²) in [6.07, 6.45) is -6.59. The molecule has 1 aromatic heterocycles. The summed E-state index contributed by atoms with van der Waals surface area (Å²) in [5.41, 5.74) is 13.5. The largest absolute Gasteiger partial charge is 0.496 e. The van der Waals surface area contributed by atoms with Gasteiger partial charge in [-0.2, -0.15) is 18.3 Å². The highest BCUT2D eigenvalue weighted by Crippen LogP contribution is 2.37. The molecular formula is C25H26F3N5O4. The van der Waals surface area contributed by atoms with Crippen molar-refractivity contribution in [1.29, 1.82) is 0 Å². The monoisotopic (exact) mass is 517 g/mol. The molecule has 2 amide bonds. The Morgan fingerprint density at radius 1 is 1.19 bits per heavy atom. The molecule has 2 unspecified atom stereocenters. The van der Waals surface area contributed by atoms with Crippen LogP contribution >= 0.6 is 0 Å². The van der Waals surface area contributed by atoms with Gasteiger partial charge in [0.1, 0.15) is 22.8 Å². The van der Waals surface area contributed by atoms with E-state index in [9.17, 15) is 22.8 Å². The van der Waals surface area contributed by atoms with Crippen molar-refractivity contribution in [3.8, 4) is 17.0 Å². The minimum absolute atomic E-state index is 0.0627. The highest BCUT2D eigenvalue weighted by molar-refractivity contribution is 6.03. The van der Waals surface area contributed by atoms with Gasteiger partial charge in [-0.25, -0.2) is 4.68 Å². The van der Waals surface area contributed by atoms with Crippen molar-refractivity contribution < 1.29 is 32.2 Å². The molecule has 3 aromatic rings. The molecule has 4 rings (SSSR count). The summed E-state index contributed by atoms with van der Waals surface area (Å²) in [5, 5.41) is 7.20. The molecular weight excluding hydrogens is 491 g/mol. The van der Waals surface area contributed by atoms with Crippen LogP contribution in [0.2, 0.25) is 0 Å². The smallest absolute Gasteiger partial charge is 0.414 e. The van der Waals surface area contributed by atoms with Gasteiger partial charge in [0.25, 0.3) is 11.8 Å². The molecule has 0 bridgehead atoms. The average molecular weight is 518 g/mol. The number of hydrogen-bond donors (Lipinski definition) is 3. The number of benzene rings is 2. The van der Waals surface area contributed by atoms with Crippen LogP contribution in [0.15, 0.2) is 48.5 Å². The van der Waals surface area contributed by atoms with Gasteiger partial charge >= 0.3 is 6.18 Å². The Labute approximate surface area is 210 Å². The highest BCUT2D eigenvalue weighted by Gasteiger charge is 2.44. The summed E-state index contributed by atoms with van der Waals surface area (Å²) in [4.78, 5) is 24.7. The summed E-state index contributed by atoms with van der Waals surface area (Å²) < 4.78 is 50.9. The minimum atomic E-state index is -4.52. The number of amides is 2. The summed E-state index contributed by atoms with van der Waals surface area (Å²) in [7, 11) is 1.48. The van der Waals surface area contributed by atoms with Gasteiger partial charge < -0.3 is 26.3 Å². The Morgan fingerprint density at radius 2 is 1.89 bits per heavy atom. The van der Waals surface area contributed by atoms with Crippen molar-refractivity contribution in [2.75, 3.05) is 19.5 Å². The van der Waals surface area contributed by atoms with Crippen molar-refractivity contribution in [1.82, 2.24) is 15.1 Å². The number of anilines is 1. The first-order chi connectivity index (χ1) is 17.6. The molecule has 1 aliphatic heterocycles. The van der Waals surface area contributed by atoms with E-state index in [1.165, 1.54) is 11.8 Å². The zero-order valence-electron chi connectivity index (χ0n) is 19.9. The molecule has 1 fully saturated rings. The zero-order chi connectivity index (χ0) is 26.7. The number of carbonyl (C=O) groups is 2. The van der Waals surface area contributed by atoms with E-state index in [-0.39, 0.29) is 49.0 Å². The molecule has 2 heterocycles. The lowest BCUT2D eigenvalue weighted by Gasteiger charge is -2.31. The normalized spacial score (nSPS) is 17.8. The summed E-state index contributed by atoms with van der Waals surface area (Å²) in [5.74, 6) is -0.791. The minimum Gasteiger partial charge on any atom is -0.496 e. The summed E-state index contributed by atoms with van der Waals surface area (Å²) in [6, 6.07) is 12.9. The van der Waals surface area contributed by atoms with Gasteiger partial charge in [0, 0.05) is 25.1 Å². The lowest BCUT2D eigenvalue weighted by atomic mass is 10.0. The Bertz CT molecular complexity index is 1290. The number of aromatic nitrogens is 2. The zero-order valence-corrected chi connectivity index (χ0v) is 19.9. The third-order valence-electron chi connectivity index (χ3n) is 6.19. The Hall–Kier alpha value is -4.06. The first-order valence-electron chi connectivity index (χ1n) is 11.5. The summed E-state index contributed by atoms with van der Waals surface area (Å²) >= 11 is 0. The number of primary amides is 1. The fraction of sp³-hybridized carbons (Fsp3) is 0.320. The highest BCUT2D eigenvalue weighted by atomic mass is 19.4. The lowest BCUT2D eigenvalue weighted by Crippen LogP contribution is -2.39. The van der Waals surface area contributed by atoms with Crippen LogP contribution in [-0.2, 0) is 11.3 Å². The number of nitrogens with one attached hydrogen (secondary N) is 1. The molecule has 2 aromatic carbocycles. The standard InChI is InChI=1S/C25H26F3N5O4/c1-36-18-5-3-2-4-17(18)24(35)31-13-14-6-8-15(9-7-14)21-20(23(30)34)22(29)33(32-21)16-10-11-37-19(12-16)25(26,27)28/h2-9,16,19H,10-13,29H2,1H3,(H2,30,34)(H,31,35). The van der Waals surface area contributed by atoms with Gasteiger partial charge in [0.05, 0.1) is 18.7 Å². The number of para-hydroxylation sites is 1. The quantitative estimate of drug-likeness (QED) is 0.440. The average Bonchev–Trinajstić information content (AvgIpc) is 3.24. The molecule has 2 atom stereocenters. The molecule has 0 radical (unpaired) electrons. The number of nitrogen functional groups attached to an aromatic ring is 1. The maximum Gasteiger partial charge on any atom is 0.414 e. The molecule has 9 nitrogen and oxygen atoms in total. The molecule has 0 aliphatic carbocycles. The van der Waals surface area contributed by atoms with E-state index in [1.807, 2.05) is 0 Å². The molecule has 5 N–H and O–H groups in total. The van der Waals surface area contributed by atoms with Crippen molar-refractivity contribution >= 4 is 17.6 Å². The van der Waals surface area contributed by atoms with Crippen LogP contribution < -0.4 is 21.5 Å². The van der Waals surface area contributed by atoms with Crippen molar-refractivity contribution in [3.05, 3.63) is 65.2 Å². The number of carbonyl (C=O) groups excluding carboxylic acids is 2. The number of nitrogens with zero attached hydrogens (tertiary/aromatic N) is 2. The molecule has 0 spiro atoms. The van der Waals surface area contributed by atoms with E-state index < -0.39 is 24.2 Å². The maximum atomic E-state index is 13.2. The number of halogens is 3. The first kappa shape index (κ1) is 26.0. The fourth-order valence-corrected chi connectivity index (χ4v) is 4.29. The number of alkyl halides is 3. The van der Waals surface area contributed by atoms with E-state index in [0.717, 1.165) is 5.56 Å². The Kier molecular flexibility index (Phi) is 7.39. The van der Waals surface area contributed by atoms with Gasteiger partial charge in [-0.1, -0.05) is 36.4 Å². The van der Waals surface area contributed by atoms with E-state index in [4.69, 9.17) is 20.9 Å². The number of ether oxygens (including phenoxy) is 2. The first-order valence-corrected chi connectivity index (χ1v) is 11.5. The van der Waals surface area contributed by atoms with E-state index in [2.05, 4.69) is 10.4 Å². The number of hydrogen-bond acceptors (Lipinski definition) is 6. The number of rotatable bonds is 7. The van der Waals surface area contributed by atoms with Crippen LogP contribution in [0, 0.1) is 0 Å². The van der Waals surface area contributed by atoms with Crippen molar-refractivity contribution in [3.63, 3.8) is 0 Å². The van der Waals surface area contributed by atoms with Gasteiger partial charge in [0.2, 0.25) is 0 Å². The van der Waals surface area contributed by atoms with Crippen LogP contribution in [0.3, 0.4) is 0 Å². The van der Waals surface area contributed by atoms with E-state index in [0.29, 0.717) is 16.9 Å². The van der Waals surface area contributed by atoms with E-state index >= 15 is 0 Å². The third kappa shape index (κ3) is 5.53. The van der Waals surface area contributed by atoms with Crippen molar-refractivity contribution in [2.24, 2.45) is 5.73 Å². The number of nitrogens with two attached hydrogens (primary N) is 2. The third-order valence-corrected chi connectivity index (χ3v) is 6.19. The van der Waals surface area contributed by atoms with Gasteiger partial charge in [-0.15, -0.1) is 0 Å². The van der Waals surface area contributed by atoms with Crippen LogP contribution in [0.25, 0.3) is 11.3 Å². The Balaban J connectivity index is 1.53. The van der Waals surface area contributed by atoms with Crippen LogP contribution in [0.5, 0.6) is 5.75 Å². The second-order valence-electron chi connectivity index (χ2n) is 8.58. The van der Waals surface area contributed by atoms with Gasteiger partial charge in [0.15, 0.2) is 6.10 Å². The Morgan fingerprint density at radius 3 is 2.54 bits per heavy atom. The molecule has 1 aliphatic rings. The predicted molar refractivity (Wildman–Crippen MR) is 129 cm³/mol. The number of methoxy groups -OCH3 is 1. The fourth-order valence-electron chi connectivity index (χ4n) is 4.29. The second kappa shape index (κ2) is 10.5. The predicted octanol–water partition coefficient (Wildman–Crippen LogP) is 3.45. The van der Waals surface area contributed by atoms with Crippen LogP contribution in [0.4, 0.5) is 19.0 Å². The van der Waals surface area contributed by atoms with Crippen LogP contribution in [-0.4, -0.2) is 47.6 Å². The second-order valence-corrected chi connectivity index (χ2v) is 8.58. The maximum absolute atomic E-state index is 13.2. The molecule has 12 heteroatoms. The van der Waals surface area contributed by atoms with E-state index in [1.54, 1.807) is 48.5 Å². The summed E-state index contributed by atoms with van der Waals surface area (Å²) in [6.45, 7) is 0.0992. The molecule has 196 valence electrons. The molecule has 1 saturated heterocycles. The van der Waals surface area contributed by atoms with Crippen molar-refractivity contribution in [2.45, 2.75) is 37.7 Å². The van der Waals surface area contributed by atoms with Gasteiger partial charge in [-0.05, 0) is 24.1 Å². The molecule has 0 saturated carbocycles. The lowest BCUT2D eigenvalue weighted by molar-refractivity contribution is -0.234. The van der Waals surface area contributed by atoms with Crippen LogP contribution in [0.1, 0.15) is 45.2 Å². The SMILES string of the molecule is COc1ccccc1C(=O)NCc1ccc(-c2nn(C3CCOC(C(F)(F)F)C3)c(N)c2C(N)=O)cc1. The topological polar surface area (TPSA) is 134 Å². The molecule has 37 heavy (non-hydrogen) atoms. The van der Waals surface area contributed by atoms with Gasteiger partial charge in [-0.3, -0.25) is 9.59 Å².